The van der Waals surface area contributed by atoms with E-state index in [1.54, 1.807) is 36.4 Å². The maximum atomic E-state index is 12.6. The van der Waals surface area contributed by atoms with Crippen molar-refractivity contribution in [2.75, 3.05) is 24.2 Å². The van der Waals surface area contributed by atoms with Gasteiger partial charge in [-0.1, -0.05) is 66.7 Å². The Morgan fingerprint density at radius 2 is 1.83 bits per heavy atom. The molecule has 0 saturated carbocycles. The molecule has 0 unspecified atom stereocenters. The Kier molecular flexibility index (Phi) is 10.7. The molecule has 1 heterocycles. The fourth-order valence-corrected chi connectivity index (χ4v) is 6.00. The van der Waals surface area contributed by atoms with E-state index in [0.717, 1.165) is 23.4 Å². The minimum absolute atomic E-state index is 0.0164. The van der Waals surface area contributed by atoms with Crippen LogP contribution in [-0.2, 0) is 13.1 Å². The number of halogens is 1. The number of carboxylic acids is 1. The number of para-hydroxylation sites is 1. The summed E-state index contributed by atoms with van der Waals surface area (Å²) in [4.78, 5) is 27.1. The highest BCUT2D eigenvalue weighted by Gasteiger charge is 2.24. The van der Waals surface area contributed by atoms with Gasteiger partial charge in [0.25, 0.3) is 0 Å². The van der Waals surface area contributed by atoms with Crippen molar-refractivity contribution in [3.8, 4) is 28.2 Å². The Hall–Kier alpha value is -4.96. The van der Waals surface area contributed by atoms with Gasteiger partial charge in [0.15, 0.2) is 0 Å². The third-order valence-electron chi connectivity index (χ3n) is 7.71. The number of thiol groups is 1. The zero-order chi connectivity index (χ0) is 33.5. The Morgan fingerprint density at radius 3 is 2.60 bits per heavy atom. The summed E-state index contributed by atoms with van der Waals surface area (Å²) in [6.45, 7) is 6.31. The van der Waals surface area contributed by atoms with Crippen LogP contribution in [-0.4, -0.2) is 39.9 Å². The Bertz CT molecular complexity index is 2040. The third-order valence-corrected chi connectivity index (χ3v) is 8.21. The first-order chi connectivity index (χ1) is 22.7. The molecule has 1 aliphatic heterocycles. The van der Waals surface area contributed by atoms with Crippen LogP contribution in [0.3, 0.4) is 0 Å². The number of aromatic hydroxyl groups is 1. The maximum absolute atomic E-state index is 12.6. The van der Waals surface area contributed by atoms with Crippen molar-refractivity contribution in [2.24, 2.45) is 5.73 Å². The molecule has 3 aromatic rings. The number of rotatable bonds is 13. The van der Waals surface area contributed by atoms with E-state index in [1.807, 2.05) is 36.4 Å². The van der Waals surface area contributed by atoms with Gasteiger partial charge in [0.05, 0.1) is 16.1 Å². The standard InChI is InChI=1S/C37H34ClN3O5S/c1-23(8-6-7-15-39)21-41(16-17-47)22-24-9-2-5-12-31(24)40-20-29-32(42)14-13-27-35(25-10-3-4-11-26(25)37(44)45)28-18-30(38)33(43)19-34(28)46-36(27)29/h2-15,18-19,40,42,47H,1,16-17,20-22,39H2,(H,44,45)/b8-6-,15-7-. The zero-order valence-electron chi connectivity index (χ0n) is 25.4. The second-order valence-electron chi connectivity index (χ2n) is 10.9. The smallest absolute Gasteiger partial charge is 0.336 e. The highest BCUT2D eigenvalue weighted by molar-refractivity contribution is 7.80. The zero-order valence-corrected chi connectivity index (χ0v) is 27.1. The topological polar surface area (TPSA) is 129 Å². The van der Waals surface area contributed by atoms with Crippen molar-refractivity contribution in [1.82, 2.24) is 4.90 Å². The molecule has 8 nitrogen and oxygen atoms in total. The number of fused-ring (bicyclic) bond motifs is 2. The number of phenolic OH excluding ortho intramolecular Hbond substituents is 1. The van der Waals surface area contributed by atoms with Gasteiger partial charge in [0.1, 0.15) is 17.1 Å². The second-order valence-corrected chi connectivity index (χ2v) is 11.7. The number of aromatic carboxylic acids is 1. The van der Waals surface area contributed by atoms with Crippen LogP contribution in [0.5, 0.6) is 5.75 Å². The van der Waals surface area contributed by atoms with Gasteiger partial charge < -0.3 is 25.7 Å². The summed E-state index contributed by atoms with van der Waals surface area (Å²) in [6.07, 6.45) is 6.98. The van der Waals surface area contributed by atoms with Crippen LogP contribution in [0.1, 0.15) is 21.5 Å². The molecular formula is C37H34ClN3O5S. The number of allylic oxidation sites excluding steroid dienone is 2. The number of nitrogens with zero attached hydrogens (tertiary/aromatic N) is 1. The normalized spacial score (nSPS) is 11.7. The van der Waals surface area contributed by atoms with Gasteiger partial charge in [-0.05, 0) is 59.3 Å². The summed E-state index contributed by atoms with van der Waals surface area (Å²) in [5.41, 5.74) is 10.1. The van der Waals surface area contributed by atoms with Crippen LogP contribution in [0.4, 0.5) is 5.69 Å². The van der Waals surface area contributed by atoms with Gasteiger partial charge >= 0.3 is 5.97 Å². The van der Waals surface area contributed by atoms with Gasteiger partial charge in [-0.3, -0.25) is 9.69 Å². The number of carbonyl (C=O) groups is 1. The third kappa shape index (κ3) is 7.55. The minimum Gasteiger partial charge on any atom is -0.507 e. The predicted molar refractivity (Wildman–Crippen MR) is 193 cm³/mol. The van der Waals surface area contributed by atoms with Crippen molar-refractivity contribution >= 4 is 46.9 Å². The summed E-state index contributed by atoms with van der Waals surface area (Å²) >= 11 is 10.7. The average Bonchev–Trinajstić information content (AvgIpc) is 3.05. The molecule has 0 radical (unpaired) electrons. The molecule has 0 fully saturated rings. The van der Waals surface area contributed by atoms with Gasteiger partial charge in [-0.15, -0.1) is 0 Å². The van der Waals surface area contributed by atoms with E-state index in [2.05, 4.69) is 29.4 Å². The highest BCUT2D eigenvalue weighted by atomic mass is 35.5. The van der Waals surface area contributed by atoms with Crippen molar-refractivity contribution in [3.05, 3.63) is 141 Å². The lowest BCUT2D eigenvalue weighted by atomic mass is 9.90. The van der Waals surface area contributed by atoms with Crippen molar-refractivity contribution in [3.63, 3.8) is 0 Å². The molecule has 0 amide bonds. The predicted octanol–water partition coefficient (Wildman–Crippen LogP) is 7.55. The molecule has 3 aromatic carbocycles. The number of hydrogen-bond donors (Lipinski definition) is 5. The van der Waals surface area contributed by atoms with Crippen molar-refractivity contribution in [1.29, 1.82) is 0 Å². The first kappa shape index (κ1) is 33.4. The minimum atomic E-state index is -1.11. The molecule has 5 N–H and O–H groups in total. The quantitative estimate of drug-likeness (QED) is 0.0495. The van der Waals surface area contributed by atoms with Gasteiger partial charge in [0.2, 0.25) is 5.43 Å². The maximum Gasteiger partial charge on any atom is 0.336 e. The second kappa shape index (κ2) is 15.1. The Balaban J connectivity index is 1.56. The summed E-state index contributed by atoms with van der Waals surface area (Å²) in [6, 6.07) is 20.5. The van der Waals surface area contributed by atoms with Gasteiger partial charge in [-0.25, -0.2) is 4.79 Å². The molecule has 5 rings (SSSR count). The van der Waals surface area contributed by atoms with Crippen LogP contribution in [0.25, 0.3) is 33.4 Å². The van der Waals surface area contributed by atoms with Crippen molar-refractivity contribution in [2.45, 2.75) is 13.1 Å². The van der Waals surface area contributed by atoms with Crippen molar-refractivity contribution < 1.29 is 19.4 Å². The lowest BCUT2D eigenvalue weighted by molar-refractivity contribution is 0.0697. The molecule has 0 aromatic heterocycles. The van der Waals surface area contributed by atoms with E-state index in [4.69, 9.17) is 21.8 Å². The first-order valence-electron chi connectivity index (χ1n) is 14.8. The van der Waals surface area contributed by atoms with E-state index >= 15 is 0 Å². The number of phenols is 1. The fraction of sp³-hybridized carbons (Fsp3) is 0.135. The molecule has 47 heavy (non-hydrogen) atoms. The average molecular weight is 668 g/mol. The fourth-order valence-electron chi connectivity index (χ4n) is 5.56. The number of benzene rings is 4. The van der Waals surface area contributed by atoms with E-state index < -0.39 is 11.4 Å². The molecule has 0 spiro atoms. The van der Waals surface area contributed by atoms with Crippen LogP contribution in [0, 0.1) is 0 Å². The lowest BCUT2D eigenvalue weighted by Crippen LogP contribution is -2.27. The molecule has 10 heteroatoms. The van der Waals surface area contributed by atoms with Gasteiger partial charge in [0, 0.05) is 60.2 Å². The molecule has 0 atom stereocenters. The molecule has 0 bridgehead atoms. The summed E-state index contributed by atoms with van der Waals surface area (Å²) in [7, 11) is 0. The van der Waals surface area contributed by atoms with Crippen LogP contribution in [0.2, 0.25) is 5.02 Å². The molecular weight excluding hydrogens is 634 g/mol. The monoisotopic (exact) mass is 667 g/mol. The number of nitrogens with one attached hydrogen (secondary N) is 1. The van der Waals surface area contributed by atoms with Crippen LogP contribution in [0.15, 0.2) is 119 Å². The molecule has 1 aliphatic carbocycles. The molecule has 240 valence electrons. The Labute approximate surface area is 282 Å². The summed E-state index contributed by atoms with van der Waals surface area (Å²) in [5.74, 6) is -0.248. The SMILES string of the molecule is C=C(/C=C\C=C/N)CN(CCS)Cc1ccccc1NCc1c(O)ccc2c(-c3ccccc3C(=O)O)c3cc(Cl)c(=O)cc-3oc12. The summed E-state index contributed by atoms with van der Waals surface area (Å²) < 4.78 is 6.30. The number of carboxylic acid groups (broad SMARTS) is 1. The van der Waals surface area contributed by atoms with Crippen LogP contribution < -0.4 is 16.5 Å². The molecule has 0 saturated heterocycles. The number of hydrogen-bond acceptors (Lipinski definition) is 8. The van der Waals surface area contributed by atoms with E-state index in [-0.39, 0.29) is 28.6 Å². The Morgan fingerprint density at radius 1 is 1.06 bits per heavy atom. The summed E-state index contributed by atoms with van der Waals surface area (Å²) in [5, 5.41) is 25.1. The van der Waals surface area contributed by atoms with Crippen LogP contribution >= 0.6 is 24.2 Å². The lowest BCUT2D eigenvalue weighted by Gasteiger charge is -2.24. The highest BCUT2D eigenvalue weighted by Crippen LogP contribution is 2.44. The van der Waals surface area contributed by atoms with Gasteiger partial charge in [-0.2, -0.15) is 12.6 Å². The number of nitrogens with two attached hydrogens (primary N) is 1. The molecule has 2 aliphatic rings. The van der Waals surface area contributed by atoms with E-state index in [0.29, 0.717) is 52.1 Å². The first-order valence-corrected chi connectivity index (χ1v) is 15.8. The largest absolute Gasteiger partial charge is 0.507 e. The van der Waals surface area contributed by atoms with E-state index in [9.17, 15) is 19.8 Å². The van der Waals surface area contributed by atoms with E-state index in [1.165, 1.54) is 24.4 Å². The number of anilines is 1.